The van der Waals surface area contributed by atoms with Gasteiger partial charge in [-0.05, 0) is 90.1 Å². The van der Waals surface area contributed by atoms with Gasteiger partial charge in [-0.1, -0.05) is 6.92 Å². The molecule has 4 spiro atoms. The molecule has 13 heteroatoms. The average molecular weight is 701 g/mol. The van der Waals surface area contributed by atoms with Crippen LogP contribution in [0.25, 0.3) is 0 Å². The number of hydrogen-bond donors (Lipinski definition) is 2. The Morgan fingerprint density at radius 2 is 1.24 bits per heavy atom. The fraction of sp³-hybridized carbons (Fsp3) is 0.892. The summed E-state index contributed by atoms with van der Waals surface area (Å²) in [7, 11) is 0. The molecule has 2 aliphatic carbocycles. The molecule has 6 aliphatic heterocycles. The van der Waals surface area contributed by atoms with Gasteiger partial charge in [-0.15, -0.1) is 0 Å². The minimum Gasteiger partial charge on any atom is -0.450 e. The maximum Gasteiger partial charge on any atom is 0.409 e. The van der Waals surface area contributed by atoms with Gasteiger partial charge in [0.2, 0.25) is 5.91 Å². The molecule has 3 unspecified atom stereocenters. The normalized spacial score (nSPS) is 31.9. The van der Waals surface area contributed by atoms with Crippen molar-refractivity contribution in [3.05, 3.63) is 0 Å². The molecular weight excluding hydrogens is 640 g/mol. The smallest absolute Gasteiger partial charge is 0.409 e. The monoisotopic (exact) mass is 700 g/mol. The predicted octanol–water partition coefficient (Wildman–Crippen LogP) is 3.95. The lowest BCUT2D eigenvalue weighted by molar-refractivity contribution is -0.119. The Bertz CT molecular complexity index is 1280. The standard InChI is InChI=1S/C19H31N3O4.C18H29N3O3/c1-3-15-19(26-16(23)20-15)7-9-21(10-8-19)14-5-6-18(11-14)12-22(13-18)17(24)25-4-2;1-2-24-16(23)21-12-18(13-21)4-3-14(9-18)20-7-5-17(6-8-20)10-15(22)19-11-17/h14-15H,3-13H2,1-2H3,(H,20,23);14H,2-13H2,1H3,(H,19,22). The molecule has 13 nitrogen and oxygen atoms in total. The Hall–Kier alpha value is -2.80. The third-order valence-electron chi connectivity index (χ3n) is 13.9. The lowest BCUT2D eigenvalue weighted by Crippen LogP contribution is -2.58. The van der Waals surface area contributed by atoms with Crippen LogP contribution in [0.4, 0.5) is 14.4 Å². The lowest BCUT2D eigenvalue weighted by Gasteiger charge is -2.48. The van der Waals surface area contributed by atoms with Crippen molar-refractivity contribution >= 4 is 24.2 Å². The second-order valence-electron chi connectivity index (χ2n) is 17.0. The maximum atomic E-state index is 11.8. The van der Waals surface area contributed by atoms with E-state index in [0.29, 0.717) is 36.1 Å². The van der Waals surface area contributed by atoms with Crippen molar-refractivity contribution in [2.75, 3.05) is 72.1 Å². The zero-order valence-electron chi connectivity index (χ0n) is 30.6. The number of likely N-dealkylation sites (tertiary alicyclic amines) is 4. The summed E-state index contributed by atoms with van der Waals surface area (Å²) in [4.78, 5) is 55.8. The molecular formula is C37H60N6O7. The number of ether oxygens (including phenoxy) is 3. The second-order valence-corrected chi connectivity index (χ2v) is 17.0. The van der Waals surface area contributed by atoms with Crippen molar-refractivity contribution in [2.24, 2.45) is 16.2 Å². The Kier molecular flexibility index (Phi) is 9.95. The van der Waals surface area contributed by atoms with Gasteiger partial charge in [0.15, 0.2) is 0 Å². The van der Waals surface area contributed by atoms with E-state index < -0.39 is 0 Å². The molecule has 50 heavy (non-hydrogen) atoms. The van der Waals surface area contributed by atoms with Crippen molar-refractivity contribution in [1.29, 1.82) is 0 Å². The van der Waals surface area contributed by atoms with Crippen molar-refractivity contribution in [3.8, 4) is 0 Å². The molecule has 0 radical (unpaired) electrons. The van der Waals surface area contributed by atoms with E-state index in [0.717, 1.165) is 97.4 Å². The van der Waals surface area contributed by atoms with Gasteiger partial charge in [-0.25, -0.2) is 14.4 Å². The van der Waals surface area contributed by atoms with Crippen molar-refractivity contribution in [1.82, 2.24) is 30.2 Å². The largest absolute Gasteiger partial charge is 0.450 e. The molecule has 6 heterocycles. The van der Waals surface area contributed by atoms with Gasteiger partial charge >= 0.3 is 18.3 Å². The third-order valence-corrected chi connectivity index (χ3v) is 13.9. The highest BCUT2D eigenvalue weighted by atomic mass is 16.6. The third kappa shape index (κ3) is 6.89. The summed E-state index contributed by atoms with van der Waals surface area (Å²) in [6.45, 7) is 15.3. The number of nitrogens with one attached hydrogen (secondary N) is 2. The topological polar surface area (TPSA) is 133 Å². The first-order chi connectivity index (χ1) is 24.0. The van der Waals surface area contributed by atoms with E-state index in [-0.39, 0.29) is 41.2 Å². The first-order valence-corrected chi connectivity index (χ1v) is 19.6. The summed E-state index contributed by atoms with van der Waals surface area (Å²) in [6, 6.07) is 1.41. The Morgan fingerprint density at radius 3 is 1.68 bits per heavy atom. The van der Waals surface area contributed by atoms with Gasteiger partial charge in [0, 0.05) is 88.0 Å². The zero-order valence-corrected chi connectivity index (χ0v) is 30.6. The summed E-state index contributed by atoms with van der Waals surface area (Å²) >= 11 is 0. The lowest BCUT2D eigenvalue weighted by atomic mass is 9.76. The fourth-order valence-electron chi connectivity index (χ4n) is 11.0. The van der Waals surface area contributed by atoms with Crippen LogP contribution in [0.3, 0.4) is 0 Å². The molecule has 4 amide bonds. The molecule has 0 aromatic heterocycles. The van der Waals surface area contributed by atoms with Gasteiger partial charge < -0.3 is 44.4 Å². The minimum absolute atomic E-state index is 0.148. The van der Waals surface area contributed by atoms with Crippen LogP contribution in [0.15, 0.2) is 0 Å². The van der Waals surface area contributed by atoms with E-state index in [2.05, 4.69) is 27.4 Å². The van der Waals surface area contributed by atoms with Gasteiger partial charge in [0.05, 0.1) is 19.3 Å². The highest BCUT2D eigenvalue weighted by Gasteiger charge is 2.55. The summed E-state index contributed by atoms with van der Waals surface area (Å²) in [5, 5.41) is 5.99. The van der Waals surface area contributed by atoms with Crippen LogP contribution in [0.5, 0.6) is 0 Å². The Balaban J connectivity index is 0.000000157. The molecule has 3 atom stereocenters. The first-order valence-electron chi connectivity index (χ1n) is 19.6. The van der Waals surface area contributed by atoms with Crippen LogP contribution in [-0.4, -0.2) is 140 Å². The number of carbonyl (C=O) groups is 4. The average Bonchev–Trinajstić information content (AvgIpc) is 3.86. The SMILES string of the molecule is CCOC(=O)N1CC2(CCC(N3CCC4(CC3)CNC(=O)C4)C2)C1.CCOC(=O)N1CC2(CCC(N3CCC4(CC3)OC(=O)NC4CC)C2)C1. The van der Waals surface area contributed by atoms with E-state index >= 15 is 0 Å². The highest BCUT2D eigenvalue weighted by molar-refractivity contribution is 5.79. The predicted molar refractivity (Wildman–Crippen MR) is 185 cm³/mol. The van der Waals surface area contributed by atoms with E-state index in [4.69, 9.17) is 14.2 Å². The number of piperidine rings is 2. The Morgan fingerprint density at radius 1 is 0.740 bits per heavy atom. The fourth-order valence-corrected chi connectivity index (χ4v) is 11.0. The molecule has 2 saturated carbocycles. The summed E-state index contributed by atoms with van der Waals surface area (Å²) in [5.74, 6) is 0.233. The first kappa shape index (κ1) is 35.6. The van der Waals surface area contributed by atoms with E-state index in [1.54, 1.807) is 0 Å². The number of rotatable bonds is 5. The van der Waals surface area contributed by atoms with Crippen LogP contribution < -0.4 is 10.6 Å². The molecule has 6 saturated heterocycles. The van der Waals surface area contributed by atoms with Gasteiger partial charge in [-0.2, -0.15) is 0 Å². The number of hydrogen-bond acceptors (Lipinski definition) is 9. The molecule has 8 rings (SSSR count). The zero-order chi connectivity index (χ0) is 35.1. The molecule has 280 valence electrons. The molecule has 0 aromatic rings. The summed E-state index contributed by atoms with van der Waals surface area (Å²) < 4.78 is 15.9. The van der Waals surface area contributed by atoms with Crippen LogP contribution in [0.2, 0.25) is 0 Å². The van der Waals surface area contributed by atoms with Crippen LogP contribution in [0, 0.1) is 16.2 Å². The van der Waals surface area contributed by atoms with Gasteiger partial charge in [-0.3, -0.25) is 4.79 Å². The highest BCUT2D eigenvalue weighted by Crippen LogP contribution is 2.50. The summed E-state index contributed by atoms with van der Waals surface area (Å²) in [6.07, 6.45) is 12.5. The molecule has 8 fully saturated rings. The maximum absolute atomic E-state index is 11.8. The Labute approximate surface area is 297 Å². The number of amides is 4. The summed E-state index contributed by atoms with van der Waals surface area (Å²) in [5.41, 5.74) is 0.591. The van der Waals surface area contributed by atoms with Crippen molar-refractivity contribution < 1.29 is 33.4 Å². The van der Waals surface area contributed by atoms with Crippen LogP contribution in [-0.2, 0) is 19.0 Å². The van der Waals surface area contributed by atoms with Crippen LogP contribution in [0.1, 0.15) is 97.8 Å². The quantitative estimate of drug-likeness (QED) is 0.410. The molecule has 0 aromatic carbocycles. The molecule has 8 aliphatic rings. The second kappa shape index (κ2) is 14.0. The van der Waals surface area contributed by atoms with E-state index in [9.17, 15) is 19.2 Å². The minimum atomic E-state index is -0.296. The van der Waals surface area contributed by atoms with Gasteiger partial charge in [0.1, 0.15) is 5.60 Å². The van der Waals surface area contributed by atoms with E-state index in [1.165, 1.54) is 38.5 Å². The van der Waals surface area contributed by atoms with Crippen molar-refractivity contribution in [3.63, 3.8) is 0 Å². The number of alkyl carbamates (subject to hydrolysis) is 1. The molecule has 0 bridgehead atoms. The van der Waals surface area contributed by atoms with Crippen molar-refractivity contribution in [2.45, 2.75) is 122 Å². The number of carbonyl (C=O) groups excluding carboxylic acids is 4. The van der Waals surface area contributed by atoms with Crippen LogP contribution >= 0.6 is 0 Å². The van der Waals surface area contributed by atoms with E-state index in [1.807, 2.05) is 23.6 Å². The van der Waals surface area contributed by atoms with Gasteiger partial charge in [0.25, 0.3) is 0 Å². The number of nitrogens with zero attached hydrogens (tertiary/aromatic N) is 4. The molecule has 2 N–H and O–H groups in total.